The summed E-state index contributed by atoms with van der Waals surface area (Å²) in [5.74, 6) is 0.697. The molecule has 0 unspecified atom stereocenters. The molecule has 1 N–H and O–H groups in total. The van der Waals surface area contributed by atoms with Gasteiger partial charge in [-0.05, 0) is 29.9 Å². The Morgan fingerprint density at radius 3 is 2.88 bits per heavy atom. The van der Waals surface area contributed by atoms with Gasteiger partial charge in [0.1, 0.15) is 5.75 Å². The van der Waals surface area contributed by atoms with E-state index < -0.39 is 5.97 Å². The van der Waals surface area contributed by atoms with Crippen molar-refractivity contribution in [2.45, 2.75) is 12.8 Å². The van der Waals surface area contributed by atoms with Crippen LogP contribution in [-0.2, 0) is 11.2 Å². The number of hydrogen-bond donors (Lipinski definition) is 2. The highest BCUT2D eigenvalue weighted by Gasteiger charge is 2.04. The minimum absolute atomic E-state index is 0.0252. The van der Waals surface area contributed by atoms with Gasteiger partial charge in [0.05, 0.1) is 13.5 Å². The van der Waals surface area contributed by atoms with Crippen LogP contribution in [0.25, 0.3) is 6.08 Å². The van der Waals surface area contributed by atoms with Crippen molar-refractivity contribution in [3.8, 4) is 5.75 Å². The Bertz CT molecular complexity index is 413. The minimum atomic E-state index is -0.833. The maximum atomic E-state index is 10.6. The molecule has 1 aromatic carbocycles. The van der Waals surface area contributed by atoms with Gasteiger partial charge in [0.15, 0.2) is 0 Å². The van der Waals surface area contributed by atoms with Gasteiger partial charge < -0.3 is 9.84 Å². The molecule has 0 aromatic heterocycles. The van der Waals surface area contributed by atoms with Gasteiger partial charge in [-0.1, -0.05) is 18.2 Å². The summed E-state index contributed by atoms with van der Waals surface area (Å²) in [6, 6.07) is 5.39. The summed E-state index contributed by atoms with van der Waals surface area (Å²) >= 11 is 4.12. The van der Waals surface area contributed by atoms with E-state index in [1.54, 1.807) is 19.2 Å². The highest BCUT2D eigenvalue weighted by atomic mass is 32.1. The van der Waals surface area contributed by atoms with Crippen molar-refractivity contribution in [3.05, 3.63) is 35.4 Å². The van der Waals surface area contributed by atoms with Crippen molar-refractivity contribution in [3.63, 3.8) is 0 Å². The molecule has 0 bridgehead atoms. The van der Waals surface area contributed by atoms with E-state index in [0.29, 0.717) is 0 Å². The third kappa shape index (κ3) is 4.53. The highest BCUT2D eigenvalue weighted by molar-refractivity contribution is 7.80. The standard InChI is InChI=1S/C13H16O3S/c1-16-12-6-5-10(9-13(14)15)8-11(12)4-2-3-7-17/h2,4-6,8,17H,3,7,9H2,1H3,(H,14,15). The van der Waals surface area contributed by atoms with Crippen LogP contribution in [0.1, 0.15) is 17.5 Å². The maximum absolute atomic E-state index is 10.6. The number of carboxylic acids is 1. The SMILES string of the molecule is COc1ccc(CC(=O)O)cc1C=CCCS. The fourth-order valence-corrected chi connectivity index (χ4v) is 1.63. The predicted molar refractivity (Wildman–Crippen MR) is 71.8 cm³/mol. The fraction of sp³-hybridized carbons (Fsp3) is 0.308. The molecule has 92 valence electrons. The average Bonchev–Trinajstić information content (AvgIpc) is 2.29. The Kier molecular flexibility index (Phi) is 5.63. The zero-order chi connectivity index (χ0) is 12.7. The zero-order valence-electron chi connectivity index (χ0n) is 9.72. The summed E-state index contributed by atoms with van der Waals surface area (Å²) < 4.78 is 5.22. The number of rotatable bonds is 6. The van der Waals surface area contributed by atoms with Gasteiger partial charge in [-0.25, -0.2) is 0 Å². The number of benzene rings is 1. The van der Waals surface area contributed by atoms with Crippen LogP contribution in [-0.4, -0.2) is 23.9 Å². The van der Waals surface area contributed by atoms with E-state index >= 15 is 0 Å². The summed E-state index contributed by atoms with van der Waals surface area (Å²) in [5, 5.41) is 8.74. The van der Waals surface area contributed by atoms with Gasteiger partial charge in [0, 0.05) is 5.56 Å². The van der Waals surface area contributed by atoms with Crippen molar-refractivity contribution in [1.82, 2.24) is 0 Å². The molecule has 0 fully saturated rings. The van der Waals surface area contributed by atoms with Crippen molar-refractivity contribution < 1.29 is 14.6 Å². The Balaban J connectivity index is 2.93. The van der Waals surface area contributed by atoms with Crippen LogP contribution in [0.5, 0.6) is 5.75 Å². The molecule has 0 radical (unpaired) electrons. The lowest BCUT2D eigenvalue weighted by Crippen LogP contribution is -2.00. The van der Waals surface area contributed by atoms with Crippen molar-refractivity contribution >= 4 is 24.7 Å². The number of allylic oxidation sites excluding steroid dienone is 1. The molecule has 0 aliphatic heterocycles. The number of thiol groups is 1. The van der Waals surface area contributed by atoms with E-state index in [9.17, 15) is 4.79 Å². The smallest absolute Gasteiger partial charge is 0.307 e. The fourth-order valence-electron chi connectivity index (χ4n) is 1.48. The topological polar surface area (TPSA) is 46.5 Å². The lowest BCUT2D eigenvalue weighted by atomic mass is 10.1. The summed E-state index contributed by atoms with van der Waals surface area (Å²) in [7, 11) is 1.60. The van der Waals surface area contributed by atoms with Gasteiger partial charge in [-0.2, -0.15) is 12.6 Å². The minimum Gasteiger partial charge on any atom is -0.496 e. The first-order valence-corrected chi connectivity index (χ1v) is 5.96. The third-order valence-electron chi connectivity index (χ3n) is 2.24. The van der Waals surface area contributed by atoms with E-state index in [4.69, 9.17) is 9.84 Å². The molecule has 0 spiro atoms. The monoisotopic (exact) mass is 252 g/mol. The number of aliphatic carboxylic acids is 1. The third-order valence-corrected chi connectivity index (χ3v) is 2.50. The summed E-state index contributed by atoms with van der Waals surface area (Å²) in [4.78, 5) is 10.6. The number of hydrogen-bond acceptors (Lipinski definition) is 3. The second-order valence-electron chi connectivity index (χ2n) is 3.56. The highest BCUT2D eigenvalue weighted by Crippen LogP contribution is 2.22. The van der Waals surface area contributed by atoms with E-state index in [0.717, 1.165) is 29.1 Å². The number of ether oxygens (including phenoxy) is 1. The quantitative estimate of drug-likeness (QED) is 0.765. The molecule has 0 aliphatic carbocycles. The normalized spacial score (nSPS) is 10.7. The van der Waals surface area contributed by atoms with E-state index in [-0.39, 0.29) is 6.42 Å². The van der Waals surface area contributed by atoms with E-state index in [1.165, 1.54) is 0 Å². The maximum Gasteiger partial charge on any atom is 0.307 e. The molecular formula is C13H16O3S. The number of carboxylic acid groups (broad SMARTS) is 1. The molecule has 1 aromatic rings. The largest absolute Gasteiger partial charge is 0.496 e. The molecule has 0 amide bonds. The Morgan fingerprint density at radius 1 is 1.53 bits per heavy atom. The van der Waals surface area contributed by atoms with Gasteiger partial charge in [0.25, 0.3) is 0 Å². The van der Waals surface area contributed by atoms with Crippen molar-refractivity contribution in [1.29, 1.82) is 0 Å². The summed E-state index contributed by atoms with van der Waals surface area (Å²) in [5.41, 5.74) is 1.66. The van der Waals surface area contributed by atoms with Crippen LogP contribution >= 0.6 is 12.6 Å². The molecule has 3 nitrogen and oxygen atoms in total. The van der Waals surface area contributed by atoms with Gasteiger partial charge >= 0.3 is 5.97 Å². The van der Waals surface area contributed by atoms with Crippen LogP contribution < -0.4 is 4.74 Å². The van der Waals surface area contributed by atoms with E-state index in [1.807, 2.05) is 18.2 Å². The Labute approximate surface area is 107 Å². The van der Waals surface area contributed by atoms with Crippen LogP contribution in [0.15, 0.2) is 24.3 Å². The first-order chi connectivity index (χ1) is 8.17. The average molecular weight is 252 g/mol. The van der Waals surface area contributed by atoms with Crippen LogP contribution in [0.3, 0.4) is 0 Å². The van der Waals surface area contributed by atoms with Crippen LogP contribution in [0.4, 0.5) is 0 Å². The molecule has 17 heavy (non-hydrogen) atoms. The molecule has 0 atom stereocenters. The van der Waals surface area contributed by atoms with Crippen LogP contribution in [0, 0.1) is 0 Å². The number of methoxy groups -OCH3 is 1. The van der Waals surface area contributed by atoms with Gasteiger partial charge in [0.2, 0.25) is 0 Å². The van der Waals surface area contributed by atoms with Crippen molar-refractivity contribution in [2.24, 2.45) is 0 Å². The molecule has 1 rings (SSSR count). The molecule has 0 saturated heterocycles. The van der Waals surface area contributed by atoms with Gasteiger partial charge in [-0.15, -0.1) is 0 Å². The van der Waals surface area contributed by atoms with E-state index in [2.05, 4.69) is 12.6 Å². The van der Waals surface area contributed by atoms with Gasteiger partial charge in [-0.3, -0.25) is 4.79 Å². The second kappa shape index (κ2) is 7.01. The Hall–Kier alpha value is -1.42. The molecule has 0 aliphatic rings. The summed E-state index contributed by atoms with van der Waals surface area (Å²) in [6.07, 6.45) is 4.82. The zero-order valence-corrected chi connectivity index (χ0v) is 10.6. The summed E-state index contributed by atoms with van der Waals surface area (Å²) in [6.45, 7) is 0. The Morgan fingerprint density at radius 2 is 2.29 bits per heavy atom. The molecule has 0 heterocycles. The first kappa shape index (κ1) is 13.6. The lowest BCUT2D eigenvalue weighted by Gasteiger charge is -2.06. The number of carbonyl (C=O) groups is 1. The lowest BCUT2D eigenvalue weighted by molar-refractivity contribution is -0.136. The van der Waals surface area contributed by atoms with Crippen molar-refractivity contribution in [2.75, 3.05) is 12.9 Å². The first-order valence-electron chi connectivity index (χ1n) is 5.33. The molecule has 4 heteroatoms. The molecular weight excluding hydrogens is 236 g/mol. The predicted octanol–water partition coefficient (Wildman–Crippen LogP) is 2.66. The van der Waals surface area contributed by atoms with Crippen LogP contribution in [0.2, 0.25) is 0 Å². The second-order valence-corrected chi connectivity index (χ2v) is 4.01. The molecule has 0 saturated carbocycles.